The van der Waals surface area contributed by atoms with Gasteiger partial charge in [-0.2, -0.15) is 0 Å². The van der Waals surface area contributed by atoms with Crippen LogP contribution in [-0.4, -0.2) is 30.2 Å². The Hall–Kier alpha value is -1.39. The Morgan fingerprint density at radius 1 is 1.44 bits per heavy atom. The van der Waals surface area contributed by atoms with Gasteiger partial charge in [0.2, 0.25) is 5.91 Å². The van der Waals surface area contributed by atoms with Gasteiger partial charge < -0.3 is 15.7 Å². The molecule has 1 aromatic rings. The van der Waals surface area contributed by atoms with E-state index in [9.17, 15) is 4.79 Å². The molecule has 0 radical (unpaired) electrons. The summed E-state index contributed by atoms with van der Waals surface area (Å²) in [6.07, 6.45) is 0. The maximum atomic E-state index is 11.5. The molecule has 0 aromatic heterocycles. The van der Waals surface area contributed by atoms with E-state index in [-0.39, 0.29) is 25.1 Å². The summed E-state index contributed by atoms with van der Waals surface area (Å²) in [6, 6.07) is 7.55. The molecule has 1 atom stereocenters. The number of rotatable bonds is 5. The molecule has 16 heavy (non-hydrogen) atoms. The van der Waals surface area contributed by atoms with Gasteiger partial charge in [-0.3, -0.25) is 4.79 Å². The van der Waals surface area contributed by atoms with Crippen LogP contribution in [0.1, 0.15) is 12.5 Å². The lowest BCUT2D eigenvalue weighted by atomic mass is 10.2. The van der Waals surface area contributed by atoms with E-state index >= 15 is 0 Å². The Kier molecular flexibility index (Phi) is 4.95. The monoisotopic (exact) mass is 222 g/mol. The fraction of sp³-hybridized carbons (Fsp3) is 0.417. The first-order chi connectivity index (χ1) is 7.63. The first-order valence-electron chi connectivity index (χ1n) is 5.33. The van der Waals surface area contributed by atoms with Crippen molar-refractivity contribution in [3.05, 3.63) is 29.8 Å². The summed E-state index contributed by atoms with van der Waals surface area (Å²) in [5.74, 6) is -0.102. The van der Waals surface area contributed by atoms with E-state index in [0.717, 1.165) is 11.3 Å². The fourth-order valence-electron chi connectivity index (χ4n) is 1.24. The molecule has 0 saturated carbocycles. The number of aliphatic hydroxyl groups excluding tert-OH is 1. The van der Waals surface area contributed by atoms with Crippen LogP contribution in [0.5, 0.6) is 0 Å². The molecule has 88 valence electrons. The van der Waals surface area contributed by atoms with Crippen molar-refractivity contribution in [1.29, 1.82) is 0 Å². The van der Waals surface area contributed by atoms with Crippen LogP contribution in [0.25, 0.3) is 0 Å². The molecule has 0 saturated heterocycles. The van der Waals surface area contributed by atoms with Crippen molar-refractivity contribution < 1.29 is 9.90 Å². The molecule has 0 bridgehead atoms. The lowest BCUT2D eigenvalue weighted by Gasteiger charge is -2.11. The fourth-order valence-corrected chi connectivity index (χ4v) is 1.24. The smallest absolute Gasteiger partial charge is 0.238 e. The summed E-state index contributed by atoms with van der Waals surface area (Å²) in [5, 5.41) is 14.5. The van der Waals surface area contributed by atoms with E-state index in [2.05, 4.69) is 10.6 Å². The molecule has 1 rings (SSSR count). The van der Waals surface area contributed by atoms with Crippen LogP contribution >= 0.6 is 0 Å². The molecule has 0 fully saturated rings. The summed E-state index contributed by atoms with van der Waals surface area (Å²) < 4.78 is 0. The van der Waals surface area contributed by atoms with Gasteiger partial charge in [0.05, 0.1) is 13.2 Å². The van der Waals surface area contributed by atoms with E-state index in [1.165, 1.54) is 0 Å². The average Bonchev–Trinajstić information content (AvgIpc) is 2.29. The highest BCUT2D eigenvalue weighted by Crippen LogP contribution is 2.12. The summed E-state index contributed by atoms with van der Waals surface area (Å²) in [4.78, 5) is 11.5. The minimum absolute atomic E-state index is 0.0254. The summed E-state index contributed by atoms with van der Waals surface area (Å²) >= 11 is 0. The molecular weight excluding hydrogens is 204 g/mol. The minimum atomic E-state index is -0.102. The van der Waals surface area contributed by atoms with Gasteiger partial charge in [0.25, 0.3) is 0 Å². The molecule has 0 heterocycles. The predicted octanol–water partition coefficient (Wildman–Crippen LogP) is 0.904. The minimum Gasteiger partial charge on any atom is -0.395 e. The lowest BCUT2D eigenvalue weighted by molar-refractivity contribution is -0.115. The maximum absolute atomic E-state index is 11.5. The van der Waals surface area contributed by atoms with Crippen molar-refractivity contribution >= 4 is 11.6 Å². The third-order valence-electron chi connectivity index (χ3n) is 2.30. The molecule has 0 aliphatic rings. The van der Waals surface area contributed by atoms with Crippen molar-refractivity contribution in [2.24, 2.45) is 0 Å². The number of hydrogen-bond acceptors (Lipinski definition) is 3. The van der Waals surface area contributed by atoms with Gasteiger partial charge in [-0.25, -0.2) is 0 Å². The van der Waals surface area contributed by atoms with Gasteiger partial charge in [-0.1, -0.05) is 18.2 Å². The standard InChI is InChI=1S/C12H18N2O2/c1-9-5-3-4-6-11(9)14-12(16)7-13-10(2)8-15/h3-6,10,13,15H,7-8H2,1-2H3,(H,14,16). The zero-order valence-corrected chi connectivity index (χ0v) is 9.66. The Labute approximate surface area is 95.7 Å². The molecule has 0 aliphatic carbocycles. The number of para-hydroxylation sites is 1. The van der Waals surface area contributed by atoms with Crippen LogP contribution in [0, 0.1) is 6.92 Å². The molecule has 0 aliphatic heterocycles. The molecule has 1 aromatic carbocycles. The van der Waals surface area contributed by atoms with Gasteiger partial charge >= 0.3 is 0 Å². The predicted molar refractivity (Wildman–Crippen MR) is 64.4 cm³/mol. The Bertz CT molecular complexity index is 353. The average molecular weight is 222 g/mol. The third kappa shape index (κ3) is 4.00. The van der Waals surface area contributed by atoms with Gasteiger partial charge in [-0.15, -0.1) is 0 Å². The van der Waals surface area contributed by atoms with Crippen LogP contribution in [-0.2, 0) is 4.79 Å². The number of carbonyl (C=O) groups is 1. The van der Waals surface area contributed by atoms with Gasteiger partial charge in [0, 0.05) is 11.7 Å². The zero-order valence-electron chi connectivity index (χ0n) is 9.66. The van der Waals surface area contributed by atoms with Gasteiger partial charge in [0.1, 0.15) is 0 Å². The normalized spacial score (nSPS) is 12.2. The van der Waals surface area contributed by atoms with E-state index in [0.29, 0.717) is 0 Å². The summed E-state index contributed by atoms with van der Waals surface area (Å²) in [7, 11) is 0. The molecule has 0 spiro atoms. The van der Waals surface area contributed by atoms with E-state index in [1.54, 1.807) is 0 Å². The molecule has 3 N–H and O–H groups in total. The second kappa shape index (κ2) is 6.25. The number of anilines is 1. The second-order valence-corrected chi connectivity index (χ2v) is 3.83. The SMILES string of the molecule is Cc1ccccc1NC(=O)CNC(C)CO. The lowest BCUT2D eigenvalue weighted by Crippen LogP contribution is -2.36. The Balaban J connectivity index is 2.43. The largest absolute Gasteiger partial charge is 0.395 e. The van der Waals surface area contributed by atoms with E-state index in [1.807, 2.05) is 38.1 Å². The van der Waals surface area contributed by atoms with Crippen molar-refractivity contribution in [2.75, 3.05) is 18.5 Å². The van der Waals surface area contributed by atoms with Gasteiger partial charge in [-0.05, 0) is 25.5 Å². The maximum Gasteiger partial charge on any atom is 0.238 e. The highest BCUT2D eigenvalue weighted by Gasteiger charge is 2.05. The van der Waals surface area contributed by atoms with E-state index in [4.69, 9.17) is 5.11 Å². The number of nitrogens with one attached hydrogen (secondary N) is 2. The molecule has 1 amide bonds. The zero-order chi connectivity index (χ0) is 12.0. The van der Waals surface area contributed by atoms with Gasteiger partial charge in [0.15, 0.2) is 0 Å². The quantitative estimate of drug-likeness (QED) is 0.693. The number of aryl methyl sites for hydroxylation is 1. The first kappa shape index (κ1) is 12.7. The number of hydrogen-bond donors (Lipinski definition) is 3. The van der Waals surface area contributed by atoms with Crippen LogP contribution in [0.3, 0.4) is 0 Å². The molecule has 4 nitrogen and oxygen atoms in total. The van der Waals surface area contributed by atoms with Crippen LogP contribution in [0.15, 0.2) is 24.3 Å². The topological polar surface area (TPSA) is 61.4 Å². The Morgan fingerprint density at radius 3 is 2.75 bits per heavy atom. The number of amides is 1. The molecular formula is C12H18N2O2. The number of aliphatic hydroxyl groups is 1. The van der Waals surface area contributed by atoms with Crippen molar-refractivity contribution in [1.82, 2.24) is 5.32 Å². The van der Waals surface area contributed by atoms with Crippen LogP contribution in [0.2, 0.25) is 0 Å². The van der Waals surface area contributed by atoms with Crippen molar-refractivity contribution in [3.63, 3.8) is 0 Å². The first-order valence-corrected chi connectivity index (χ1v) is 5.33. The second-order valence-electron chi connectivity index (χ2n) is 3.83. The van der Waals surface area contributed by atoms with Crippen molar-refractivity contribution in [2.45, 2.75) is 19.9 Å². The Morgan fingerprint density at radius 2 is 2.12 bits per heavy atom. The summed E-state index contributed by atoms with van der Waals surface area (Å²) in [6.45, 7) is 3.99. The number of benzene rings is 1. The van der Waals surface area contributed by atoms with Crippen LogP contribution in [0.4, 0.5) is 5.69 Å². The number of carbonyl (C=O) groups excluding carboxylic acids is 1. The highest BCUT2D eigenvalue weighted by molar-refractivity contribution is 5.92. The van der Waals surface area contributed by atoms with Crippen LogP contribution < -0.4 is 10.6 Å². The summed E-state index contributed by atoms with van der Waals surface area (Å²) in [5.41, 5.74) is 1.86. The third-order valence-corrected chi connectivity index (χ3v) is 2.30. The molecule has 1 unspecified atom stereocenters. The van der Waals surface area contributed by atoms with Crippen molar-refractivity contribution in [3.8, 4) is 0 Å². The van der Waals surface area contributed by atoms with E-state index < -0.39 is 0 Å². The highest BCUT2D eigenvalue weighted by atomic mass is 16.3. The molecule has 4 heteroatoms.